The van der Waals surface area contributed by atoms with Gasteiger partial charge in [-0.3, -0.25) is 4.79 Å². The van der Waals surface area contributed by atoms with Gasteiger partial charge in [0.2, 0.25) is 5.91 Å². The third-order valence-corrected chi connectivity index (χ3v) is 3.32. The van der Waals surface area contributed by atoms with Gasteiger partial charge in [-0.2, -0.15) is 0 Å². The third-order valence-electron chi connectivity index (χ3n) is 3.32. The molecule has 1 heterocycles. The van der Waals surface area contributed by atoms with Crippen LogP contribution < -0.4 is 10.1 Å². The molecule has 1 amide bonds. The Morgan fingerprint density at radius 1 is 1.45 bits per heavy atom. The fourth-order valence-electron chi connectivity index (χ4n) is 2.06. The minimum Gasteiger partial charge on any atom is -0.497 e. The summed E-state index contributed by atoms with van der Waals surface area (Å²) in [6.45, 7) is 6.50. The molecule has 0 aromatic heterocycles. The lowest BCUT2D eigenvalue weighted by Crippen LogP contribution is -2.51. The molecular weight excluding hydrogens is 276 g/mol. The smallest absolute Gasteiger partial charge is 0.228 e. The average Bonchev–Trinajstić information content (AvgIpc) is 2.37. The largest absolute Gasteiger partial charge is 0.497 e. The maximum atomic E-state index is 12.3. The van der Waals surface area contributed by atoms with E-state index in [1.165, 1.54) is 0 Å². The maximum Gasteiger partial charge on any atom is 0.228 e. The number of carbonyl (C=O) groups is 1. The van der Waals surface area contributed by atoms with Gasteiger partial charge in [0.05, 0.1) is 13.0 Å². The molecule has 1 aromatic carbocycles. The highest BCUT2D eigenvalue weighted by atomic mass is 35.5. The number of amides is 1. The zero-order valence-corrected chi connectivity index (χ0v) is 12.5. The zero-order chi connectivity index (χ0) is 13.7. The van der Waals surface area contributed by atoms with Crippen LogP contribution in [-0.2, 0) is 11.3 Å². The Hall–Kier alpha value is -1.52. The van der Waals surface area contributed by atoms with Crippen molar-refractivity contribution in [1.29, 1.82) is 0 Å². The van der Waals surface area contributed by atoms with Crippen molar-refractivity contribution in [3.05, 3.63) is 42.5 Å². The molecule has 1 fully saturated rings. The molecule has 2 rings (SSSR count). The highest BCUT2D eigenvalue weighted by Crippen LogP contribution is 2.15. The van der Waals surface area contributed by atoms with Crippen molar-refractivity contribution in [1.82, 2.24) is 10.2 Å². The van der Waals surface area contributed by atoms with Gasteiger partial charge >= 0.3 is 0 Å². The minimum atomic E-state index is 0. The lowest BCUT2D eigenvalue weighted by molar-refractivity contribution is -0.137. The van der Waals surface area contributed by atoms with Crippen LogP contribution in [0, 0.1) is 5.92 Å². The monoisotopic (exact) mass is 296 g/mol. The standard InChI is InChI=1S/C15H20N2O2.ClH/c1-3-8-17(15(18)13-9-16-10-13)11-12-4-6-14(19-2)7-5-12;/h3-7,13,16H,1,8-11H2,2H3;1H. The van der Waals surface area contributed by atoms with Crippen molar-refractivity contribution >= 4 is 18.3 Å². The molecule has 5 heteroatoms. The highest BCUT2D eigenvalue weighted by Gasteiger charge is 2.28. The van der Waals surface area contributed by atoms with Crippen molar-refractivity contribution in [2.75, 3.05) is 26.7 Å². The van der Waals surface area contributed by atoms with Crippen molar-refractivity contribution in [2.24, 2.45) is 5.92 Å². The summed E-state index contributed by atoms with van der Waals surface area (Å²) in [5.74, 6) is 1.15. The molecule has 0 spiro atoms. The molecule has 110 valence electrons. The van der Waals surface area contributed by atoms with E-state index in [0.717, 1.165) is 24.4 Å². The fourth-order valence-corrected chi connectivity index (χ4v) is 2.06. The van der Waals surface area contributed by atoms with Crippen molar-refractivity contribution in [3.63, 3.8) is 0 Å². The van der Waals surface area contributed by atoms with Crippen molar-refractivity contribution in [2.45, 2.75) is 6.54 Å². The number of ether oxygens (including phenoxy) is 1. The van der Waals surface area contributed by atoms with Gasteiger partial charge in [0.15, 0.2) is 0 Å². The summed E-state index contributed by atoms with van der Waals surface area (Å²) in [6, 6.07) is 7.80. The Kier molecular flexibility index (Phi) is 6.55. The van der Waals surface area contributed by atoms with Crippen LogP contribution >= 0.6 is 12.4 Å². The minimum absolute atomic E-state index is 0. The van der Waals surface area contributed by atoms with Gasteiger partial charge in [0, 0.05) is 26.2 Å². The quantitative estimate of drug-likeness (QED) is 0.815. The van der Waals surface area contributed by atoms with E-state index in [-0.39, 0.29) is 24.2 Å². The van der Waals surface area contributed by atoms with E-state index in [4.69, 9.17) is 4.74 Å². The second-order valence-corrected chi connectivity index (χ2v) is 4.71. The summed E-state index contributed by atoms with van der Waals surface area (Å²) in [7, 11) is 1.64. The Balaban J connectivity index is 0.00000200. The van der Waals surface area contributed by atoms with Crippen molar-refractivity contribution < 1.29 is 9.53 Å². The van der Waals surface area contributed by atoms with Gasteiger partial charge in [-0.1, -0.05) is 18.2 Å². The van der Waals surface area contributed by atoms with Gasteiger partial charge in [-0.15, -0.1) is 19.0 Å². The van der Waals surface area contributed by atoms with Gasteiger partial charge in [0.25, 0.3) is 0 Å². The Morgan fingerprint density at radius 3 is 2.55 bits per heavy atom. The Morgan fingerprint density at radius 2 is 2.10 bits per heavy atom. The number of methoxy groups -OCH3 is 1. The Labute approximate surface area is 126 Å². The normalized spacial score (nSPS) is 13.8. The van der Waals surface area contributed by atoms with Crippen LogP contribution in [0.25, 0.3) is 0 Å². The lowest BCUT2D eigenvalue weighted by Gasteiger charge is -2.32. The highest BCUT2D eigenvalue weighted by molar-refractivity contribution is 5.85. The van der Waals surface area contributed by atoms with Gasteiger partial charge in [-0.05, 0) is 17.7 Å². The number of nitrogens with zero attached hydrogens (tertiary/aromatic N) is 1. The number of rotatable bonds is 6. The summed E-state index contributed by atoms with van der Waals surface area (Å²) in [6.07, 6.45) is 1.77. The molecule has 1 aliphatic heterocycles. The summed E-state index contributed by atoms with van der Waals surface area (Å²) in [4.78, 5) is 14.1. The molecule has 0 bridgehead atoms. The predicted octanol–water partition coefficient (Wildman–Crippen LogP) is 1.85. The van der Waals surface area contributed by atoms with E-state index >= 15 is 0 Å². The van der Waals surface area contributed by atoms with Crippen LogP contribution in [0.4, 0.5) is 0 Å². The maximum absolute atomic E-state index is 12.3. The summed E-state index contributed by atoms with van der Waals surface area (Å²) in [5, 5.41) is 3.13. The van der Waals surface area contributed by atoms with Crippen LogP contribution in [0.2, 0.25) is 0 Å². The first kappa shape index (κ1) is 16.5. The fraction of sp³-hybridized carbons (Fsp3) is 0.400. The van der Waals surface area contributed by atoms with Crippen LogP contribution in [-0.4, -0.2) is 37.6 Å². The second-order valence-electron chi connectivity index (χ2n) is 4.71. The lowest BCUT2D eigenvalue weighted by atomic mass is 10.0. The first-order valence-electron chi connectivity index (χ1n) is 6.48. The average molecular weight is 297 g/mol. The molecule has 0 saturated carbocycles. The van der Waals surface area contributed by atoms with E-state index in [0.29, 0.717) is 13.1 Å². The summed E-state index contributed by atoms with van der Waals surface area (Å²) in [5.41, 5.74) is 1.10. The molecule has 0 atom stereocenters. The van der Waals surface area contributed by atoms with E-state index < -0.39 is 0 Å². The van der Waals surface area contributed by atoms with Crippen LogP contribution in [0.1, 0.15) is 5.56 Å². The predicted molar refractivity (Wildman–Crippen MR) is 82.2 cm³/mol. The number of hydrogen-bond donors (Lipinski definition) is 1. The molecule has 1 N–H and O–H groups in total. The summed E-state index contributed by atoms with van der Waals surface area (Å²) >= 11 is 0. The Bertz CT molecular complexity index is 444. The van der Waals surface area contributed by atoms with Crippen LogP contribution in [0.15, 0.2) is 36.9 Å². The molecule has 0 radical (unpaired) electrons. The molecule has 1 aromatic rings. The number of halogens is 1. The zero-order valence-electron chi connectivity index (χ0n) is 11.7. The van der Waals surface area contributed by atoms with Gasteiger partial charge in [-0.25, -0.2) is 0 Å². The summed E-state index contributed by atoms with van der Waals surface area (Å²) < 4.78 is 5.13. The second kappa shape index (κ2) is 7.92. The molecule has 0 aliphatic carbocycles. The molecule has 1 saturated heterocycles. The van der Waals surface area contributed by atoms with E-state index in [1.54, 1.807) is 13.2 Å². The first-order valence-corrected chi connectivity index (χ1v) is 6.48. The molecule has 0 unspecified atom stereocenters. The van der Waals surface area contributed by atoms with E-state index in [1.807, 2.05) is 29.2 Å². The van der Waals surface area contributed by atoms with Crippen molar-refractivity contribution in [3.8, 4) is 5.75 Å². The first-order chi connectivity index (χ1) is 9.24. The number of benzene rings is 1. The van der Waals surface area contributed by atoms with Gasteiger partial charge < -0.3 is 15.0 Å². The molecule has 1 aliphatic rings. The number of carbonyl (C=O) groups excluding carboxylic acids is 1. The van der Waals surface area contributed by atoms with Gasteiger partial charge in [0.1, 0.15) is 5.75 Å². The molecule has 20 heavy (non-hydrogen) atoms. The number of nitrogens with one attached hydrogen (secondary N) is 1. The topological polar surface area (TPSA) is 41.6 Å². The SMILES string of the molecule is C=CCN(Cc1ccc(OC)cc1)C(=O)C1CNC1.Cl. The van der Waals surface area contributed by atoms with Crippen LogP contribution in [0.3, 0.4) is 0 Å². The molecular formula is C15H21ClN2O2. The van der Waals surface area contributed by atoms with E-state index in [2.05, 4.69) is 11.9 Å². The number of hydrogen-bond acceptors (Lipinski definition) is 3. The third kappa shape index (κ3) is 3.99. The van der Waals surface area contributed by atoms with E-state index in [9.17, 15) is 4.79 Å². The molecule has 4 nitrogen and oxygen atoms in total. The van der Waals surface area contributed by atoms with Crippen LogP contribution in [0.5, 0.6) is 5.75 Å².